The van der Waals surface area contributed by atoms with Gasteiger partial charge in [0, 0.05) is 13.1 Å². The van der Waals surface area contributed by atoms with Crippen molar-refractivity contribution in [2.45, 2.75) is 39.2 Å². The van der Waals surface area contributed by atoms with Crippen LogP contribution in [0.25, 0.3) is 0 Å². The summed E-state index contributed by atoms with van der Waals surface area (Å²) in [5.41, 5.74) is -0.0457. The summed E-state index contributed by atoms with van der Waals surface area (Å²) in [5, 5.41) is 0. The molecular formula is C13H22N2O2S. The fourth-order valence-electron chi connectivity index (χ4n) is 2.73. The minimum absolute atomic E-state index is 0.0457. The standard InChI is InChI=1S/C13H22N2O2S/c1-13(2,9-18)8-14-7-11(16)15-6-4-3-5-10(15)12(14)17/h10,18H,3-9H2,1-2H3. The normalized spacial score (nSPS) is 25.4. The topological polar surface area (TPSA) is 40.6 Å². The van der Waals surface area contributed by atoms with Gasteiger partial charge in [0.05, 0.1) is 6.54 Å². The summed E-state index contributed by atoms with van der Waals surface area (Å²) in [6.07, 6.45) is 2.89. The molecule has 2 fully saturated rings. The maximum Gasteiger partial charge on any atom is 0.245 e. The molecule has 2 saturated heterocycles. The van der Waals surface area contributed by atoms with Gasteiger partial charge in [0.25, 0.3) is 0 Å². The van der Waals surface area contributed by atoms with Crippen LogP contribution in [-0.4, -0.2) is 53.0 Å². The summed E-state index contributed by atoms with van der Waals surface area (Å²) in [6.45, 7) is 5.76. The number of fused-ring (bicyclic) bond motifs is 1. The van der Waals surface area contributed by atoms with E-state index in [0.717, 1.165) is 25.8 Å². The number of hydrogen-bond donors (Lipinski definition) is 1. The van der Waals surface area contributed by atoms with Gasteiger partial charge in [-0.15, -0.1) is 0 Å². The second kappa shape index (κ2) is 5.11. The van der Waals surface area contributed by atoms with Gasteiger partial charge < -0.3 is 9.80 Å². The molecule has 1 atom stereocenters. The molecule has 2 heterocycles. The Morgan fingerprint density at radius 3 is 2.72 bits per heavy atom. The average molecular weight is 270 g/mol. The molecule has 0 aromatic carbocycles. The van der Waals surface area contributed by atoms with Crippen molar-refractivity contribution in [2.24, 2.45) is 5.41 Å². The van der Waals surface area contributed by atoms with Crippen LogP contribution < -0.4 is 0 Å². The SMILES string of the molecule is CC(C)(CS)CN1CC(=O)N2CCCCC2C1=O. The first-order valence-electron chi connectivity index (χ1n) is 6.64. The second-order valence-electron chi connectivity index (χ2n) is 6.12. The maximum atomic E-state index is 12.4. The van der Waals surface area contributed by atoms with E-state index in [-0.39, 0.29) is 29.8 Å². The zero-order valence-electron chi connectivity index (χ0n) is 11.2. The molecule has 2 amide bonds. The van der Waals surface area contributed by atoms with Crippen LogP contribution in [0.1, 0.15) is 33.1 Å². The summed E-state index contributed by atoms with van der Waals surface area (Å²) in [5.74, 6) is 0.942. The van der Waals surface area contributed by atoms with Crippen molar-refractivity contribution in [1.82, 2.24) is 9.80 Å². The minimum atomic E-state index is -0.198. The summed E-state index contributed by atoms with van der Waals surface area (Å²) in [6, 6.07) is -0.198. The van der Waals surface area contributed by atoms with E-state index in [1.165, 1.54) is 0 Å². The van der Waals surface area contributed by atoms with Crippen molar-refractivity contribution in [3.05, 3.63) is 0 Å². The van der Waals surface area contributed by atoms with Crippen LogP contribution in [0.4, 0.5) is 0 Å². The fraction of sp³-hybridized carbons (Fsp3) is 0.846. The third-order valence-electron chi connectivity index (χ3n) is 3.79. The number of rotatable bonds is 3. The number of nitrogens with zero attached hydrogens (tertiary/aromatic N) is 2. The summed E-state index contributed by atoms with van der Waals surface area (Å²) in [7, 11) is 0. The zero-order valence-corrected chi connectivity index (χ0v) is 12.1. The smallest absolute Gasteiger partial charge is 0.245 e. The van der Waals surface area contributed by atoms with E-state index in [1.54, 1.807) is 9.80 Å². The van der Waals surface area contributed by atoms with Crippen LogP contribution in [0.15, 0.2) is 0 Å². The number of amides is 2. The largest absolute Gasteiger partial charge is 0.331 e. The highest BCUT2D eigenvalue weighted by Crippen LogP contribution is 2.26. The Labute approximate surface area is 114 Å². The number of thiol groups is 1. The summed E-state index contributed by atoms with van der Waals surface area (Å²) in [4.78, 5) is 28.0. The maximum absolute atomic E-state index is 12.4. The Morgan fingerprint density at radius 1 is 1.33 bits per heavy atom. The molecule has 5 heteroatoms. The minimum Gasteiger partial charge on any atom is -0.331 e. The van der Waals surface area contributed by atoms with E-state index in [1.807, 2.05) is 0 Å². The van der Waals surface area contributed by atoms with Gasteiger partial charge in [-0.3, -0.25) is 9.59 Å². The van der Waals surface area contributed by atoms with Crippen LogP contribution in [0.3, 0.4) is 0 Å². The number of piperidine rings is 1. The van der Waals surface area contributed by atoms with Gasteiger partial charge in [0.1, 0.15) is 6.04 Å². The Kier molecular flexibility index (Phi) is 3.90. The third-order valence-corrected chi connectivity index (χ3v) is 4.65. The Balaban J connectivity index is 2.10. The van der Waals surface area contributed by atoms with E-state index < -0.39 is 0 Å². The molecular weight excluding hydrogens is 248 g/mol. The average Bonchev–Trinajstić information content (AvgIpc) is 2.35. The molecule has 0 N–H and O–H groups in total. The Morgan fingerprint density at radius 2 is 2.06 bits per heavy atom. The van der Waals surface area contributed by atoms with Crippen molar-refractivity contribution in [1.29, 1.82) is 0 Å². The molecule has 0 saturated carbocycles. The molecule has 0 bridgehead atoms. The first-order chi connectivity index (χ1) is 8.44. The third kappa shape index (κ3) is 2.66. The lowest BCUT2D eigenvalue weighted by Gasteiger charge is -2.44. The van der Waals surface area contributed by atoms with Crippen molar-refractivity contribution in [2.75, 3.05) is 25.4 Å². The number of hydrogen-bond acceptors (Lipinski definition) is 3. The van der Waals surface area contributed by atoms with Gasteiger partial charge in [0.15, 0.2) is 0 Å². The fourth-order valence-corrected chi connectivity index (χ4v) is 2.83. The van der Waals surface area contributed by atoms with Crippen LogP contribution in [0.5, 0.6) is 0 Å². The van der Waals surface area contributed by atoms with Crippen LogP contribution in [0.2, 0.25) is 0 Å². The predicted molar refractivity (Wildman–Crippen MR) is 73.6 cm³/mol. The van der Waals surface area contributed by atoms with Crippen LogP contribution in [0, 0.1) is 5.41 Å². The van der Waals surface area contributed by atoms with Gasteiger partial charge >= 0.3 is 0 Å². The van der Waals surface area contributed by atoms with Gasteiger partial charge in [-0.25, -0.2) is 0 Å². The Bertz CT molecular complexity index is 357. The molecule has 0 aliphatic carbocycles. The lowest BCUT2D eigenvalue weighted by molar-refractivity contribution is -0.158. The van der Waals surface area contributed by atoms with Crippen LogP contribution in [-0.2, 0) is 9.59 Å². The number of carbonyl (C=O) groups is 2. The first kappa shape index (κ1) is 13.7. The predicted octanol–water partition coefficient (Wildman–Crippen LogP) is 1.17. The van der Waals surface area contributed by atoms with Gasteiger partial charge in [-0.1, -0.05) is 13.8 Å². The molecule has 0 spiro atoms. The van der Waals surface area contributed by atoms with Gasteiger partial charge in [-0.05, 0) is 30.4 Å². The Hall–Kier alpha value is -0.710. The second-order valence-corrected chi connectivity index (χ2v) is 6.43. The molecule has 2 aliphatic heterocycles. The highest BCUT2D eigenvalue weighted by Gasteiger charge is 2.41. The van der Waals surface area contributed by atoms with Crippen LogP contribution >= 0.6 is 12.6 Å². The van der Waals surface area contributed by atoms with Crippen molar-refractivity contribution < 1.29 is 9.59 Å². The monoisotopic (exact) mass is 270 g/mol. The van der Waals surface area contributed by atoms with Gasteiger partial charge in [-0.2, -0.15) is 12.6 Å². The molecule has 18 heavy (non-hydrogen) atoms. The highest BCUT2D eigenvalue weighted by molar-refractivity contribution is 7.80. The molecule has 0 aromatic heterocycles. The van der Waals surface area contributed by atoms with Crippen molar-refractivity contribution >= 4 is 24.4 Å². The number of piperazine rings is 1. The van der Waals surface area contributed by atoms with E-state index in [2.05, 4.69) is 26.5 Å². The molecule has 0 aromatic rings. The molecule has 2 aliphatic rings. The van der Waals surface area contributed by atoms with E-state index in [4.69, 9.17) is 0 Å². The van der Waals surface area contributed by atoms with E-state index in [0.29, 0.717) is 12.3 Å². The molecule has 1 unspecified atom stereocenters. The zero-order chi connectivity index (χ0) is 13.3. The van der Waals surface area contributed by atoms with Crippen molar-refractivity contribution in [3.8, 4) is 0 Å². The first-order valence-corrected chi connectivity index (χ1v) is 7.27. The lowest BCUT2D eigenvalue weighted by atomic mass is 9.93. The lowest BCUT2D eigenvalue weighted by Crippen LogP contribution is -2.62. The summed E-state index contributed by atoms with van der Waals surface area (Å²) >= 11 is 4.31. The quantitative estimate of drug-likeness (QED) is 0.782. The molecule has 0 radical (unpaired) electrons. The molecule has 4 nitrogen and oxygen atoms in total. The van der Waals surface area contributed by atoms with Crippen molar-refractivity contribution in [3.63, 3.8) is 0 Å². The van der Waals surface area contributed by atoms with E-state index >= 15 is 0 Å². The van der Waals surface area contributed by atoms with Gasteiger partial charge in [0.2, 0.25) is 11.8 Å². The summed E-state index contributed by atoms with van der Waals surface area (Å²) < 4.78 is 0. The molecule has 102 valence electrons. The molecule has 2 rings (SSSR count). The highest BCUT2D eigenvalue weighted by atomic mass is 32.1. The number of carbonyl (C=O) groups excluding carboxylic acids is 2. The van der Waals surface area contributed by atoms with E-state index in [9.17, 15) is 9.59 Å².